The topological polar surface area (TPSA) is 46.5 Å². The Labute approximate surface area is 107 Å². The van der Waals surface area contributed by atoms with Crippen LogP contribution in [0.5, 0.6) is 5.75 Å². The van der Waals surface area contributed by atoms with Crippen LogP contribution in [0.4, 0.5) is 0 Å². The summed E-state index contributed by atoms with van der Waals surface area (Å²) in [5, 5.41) is 8.93. The molecule has 0 saturated heterocycles. The minimum absolute atomic E-state index is 0.140. The van der Waals surface area contributed by atoms with E-state index in [1.54, 1.807) is 7.11 Å². The van der Waals surface area contributed by atoms with Crippen molar-refractivity contribution in [2.75, 3.05) is 7.11 Å². The lowest BCUT2D eigenvalue weighted by Gasteiger charge is -2.12. The van der Waals surface area contributed by atoms with Gasteiger partial charge in [-0.05, 0) is 48.9 Å². The van der Waals surface area contributed by atoms with Crippen molar-refractivity contribution in [2.45, 2.75) is 26.2 Å². The average Bonchev–Trinajstić information content (AvgIpc) is 2.48. The lowest BCUT2D eigenvalue weighted by atomic mass is 9.93. The third kappa shape index (κ3) is 2.73. The highest BCUT2D eigenvalue weighted by Gasteiger charge is 2.19. The van der Waals surface area contributed by atoms with Gasteiger partial charge < -0.3 is 9.84 Å². The summed E-state index contributed by atoms with van der Waals surface area (Å²) >= 11 is 0. The van der Waals surface area contributed by atoms with E-state index in [1.807, 2.05) is 25.1 Å². The summed E-state index contributed by atoms with van der Waals surface area (Å²) in [6, 6.07) is 6.03. The molecule has 0 amide bonds. The van der Waals surface area contributed by atoms with Crippen LogP contribution >= 0.6 is 0 Å². The predicted octanol–water partition coefficient (Wildman–Crippen LogP) is 3.14. The summed E-state index contributed by atoms with van der Waals surface area (Å²) in [6.45, 7) is 2.02. The van der Waals surface area contributed by atoms with Crippen molar-refractivity contribution in [3.8, 4) is 5.75 Å². The molecule has 1 N–H and O–H groups in total. The molecule has 1 aliphatic carbocycles. The first-order chi connectivity index (χ1) is 8.60. The Hall–Kier alpha value is -1.77. The largest absolute Gasteiger partial charge is 0.497 e. The maximum atomic E-state index is 10.9. The molecular formula is C15H18O3. The number of methoxy groups -OCH3 is 1. The van der Waals surface area contributed by atoms with Gasteiger partial charge >= 0.3 is 5.97 Å². The summed E-state index contributed by atoms with van der Waals surface area (Å²) in [5.74, 6) is 0.272. The molecule has 18 heavy (non-hydrogen) atoms. The van der Waals surface area contributed by atoms with Gasteiger partial charge in [0.25, 0.3) is 0 Å². The van der Waals surface area contributed by atoms with Gasteiger partial charge in [-0.3, -0.25) is 4.79 Å². The Bertz CT molecular complexity index is 489. The number of hydrogen-bond acceptors (Lipinski definition) is 2. The molecule has 1 atom stereocenters. The first kappa shape index (κ1) is 12.7. The Morgan fingerprint density at radius 3 is 2.94 bits per heavy atom. The quantitative estimate of drug-likeness (QED) is 0.891. The van der Waals surface area contributed by atoms with Gasteiger partial charge in [0, 0.05) is 0 Å². The van der Waals surface area contributed by atoms with Gasteiger partial charge in [0.1, 0.15) is 5.75 Å². The van der Waals surface area contributed by atoms with Gasteiger partial charge in [-0.15, -0.1) is 0 Å². The number of aliphatic carboxylic acids is 1. The van der Waals surface area contributed by atoms with Crippen LogP contribution in [0.2, 0.25) is 0 Å². The molecule has 3 heteroatoms. The van der Waals surface area contributed by atoms with Crippen LogP contribution in [0.15, 0.2) is 23.8 Å². The minimum Gasteiger partial charge on any atom is -0.497 e. The molecule has 1 aromatic carbocycles. The molecule has 1 aromatic rings. The molecule has 0 radical (unpaired) electrons. The minimum atomic E-state index is -0.726. The second-order valence-electron chi connectivity index (χ2n) is 4.79. The molecule has 0 saturated carbocycles. The van der Waals surface area contributed by atoms with E-state index in [4.69, 9.17) is 9.84 Å². The van der Waals surface area contributed by atoms with Gasteiger partial charge in [0.2, 0.25) is 0 Å². The number of aryl methyl sites for hydroxylation is 1. The van der Waals surface area contributed by atoms with E-state index in [1.165, 1.54) is 11.1 Å². The van der Waals surface area contributed by atoms with Crippen molar-refractivity contribution in [3.63, 3.8) is 0 Å². The highest BCUT2D eigenvalue weighted by Crippen LogP contribution is 2.31. The number of rotatable bonds is 3. The standard InChI is InChI=1S/C15H18O3/c1-10-7-12-5-6-14(18-2)8-13(12)4-3-11(10)9-15(16)17/h5-8,11H,3-4,9H2,1-2H3,(H,16,17). The van der Waals surface area contributed by atoms with Gasteiger partial charge in [-0.25, -0.2) is 0 Å². The van der Waals surface area contributed by atoms with Gasteiger partial charge in [0.15, 0.2) is 0 Å². The second-order valence-corrected chi connectivity index (χ2v) is 4.79. The van der Waals surface area contributed by atoms with Crippen LogP contribution in [-0.2, 0) is 11.2 Å². The molecule has 0 fully saturated rings. The lowest BCUT2D eigenvalue weighted by molar-refractivity contribution is -0.137. The van der Waals surface area contributed by atoms with Crippen molar-refractivity contribution in [2.24, 2.45) is 5.92 Å². The Morgan fingerprint density at radius 1 is 1.50 bits per heavy atom. The molecule has 0 bridgehead atoms. The molecule has 96 valence electrons. The van der Waals surface area contributed by atoms with Crippen LogP contribution in [0, 0.1) is 5.92 Å². The summed E-state index contributed by atoms with van der Waals surface area (Å²) in [4.78, 5) is 10.9. The van der Waals surface area contributed by atoms with E-state index in [2.05, 4.69) is 6.08 Å². The fourth-order valence-electron chi connectivity index (χ4n) is 2.46. The number of ether oxygens (including phenoxy) is 1. The monoisotopic (exact) mass is 246 g/mol. The summed E-state index contributed by atoms with van der Waals surface area (Å²) < 4.78 is 5.22. The number of allylic oxidation sites excluding steroid dienone is 1. The third-order valence-corrected chi connectivity index (χ3v) is 3.56. The molecule has 3 nitrogen and oxygen atoms in total. The number of carbonyl (C=O) groups is 1. The van der Waals surface area contributed by atoms with Crippen molar-refractivity contribution in [1.82, 2.24) is 0 Å². The maximum absolute atomic E-state index is 10.9. The zero-order valence-corrected chi connectivity index (χ0v) is 10.8. The van der Waals surface area contributed by atoms with Crippen LogP contribution in [0.25, 0.3) is 6.08 Å². The van der Waals surface area contributed by atoms with Crippen molar-refractivity contribution in [1.29, 1.82) is 0 Å². The smallest absolute Gasteiger partial charge is 0.303 e. The fraction of sp³-hybridized carbons (Fsp3) is 0.400. The molecule has 0 spiro atoms. The second kappa shape index (κ2) is 5.25. The first-order valence-electron chi connectivity index (χ1n) is 6.17. The molecule has 1 unspecified atom stereocenters. The van der Waals surface area contributed by atoms with E-state index in [9.17, 15) is 4.79 Å². The number of carboxylic acids is 1. The van der Waals surface area contributed by atoms with Gasteiger partial charge in [-0.1, -0.05) is 17.7 Å². The summed E-state index contributed by atoms with van der Waals surface area (Å²) in [5.41, 5.74) is 3.57. The lowest BCUT2D eigenvalue weighted by Crippen LogP contribution is -2.09. The van der Waals surface area contributed by atoms with Crippen LogP contribution in [-0.4, -0.2) is 18.2 Å². The number of carboxylic acid groups (broad SMARTS) is 1. The van der Waals surface area contributed by atoms with Crippen LogP contribution < -0.4 is 4.74 Å². The van der Waals surface area contributed by atoms with Gasteiger partial charge in [0.05, 0.1) is 13.5 Å². The Morgan fingerprint density at radius 2 is 2.28 bits per heavy atom. The Kier molecular flexibility index (Phi) is 3.70. The maximum Gasteiger partial charge on any atom is 0.303 e. The Balaban J connectivity index is 2.28. The fourth-order valence-corrected chi connectivity index (χ4v) is 2.46. The van der Waals surface area contributed by atoms with Gasteiger partial charge in [-0.2, -0.15) is 0 Å². The van der Waals surface area contributed by atoms with E-state index >= 15 is 0 Å². The SMILES string of the molecule is COc1ccc2c(c1)CCC(CC(=O)O)C(C)=C2. The van der Waals surface area contributed by atoms with Crippen molar-refractivity contribution in [3.05, 3.63) is 34.9 Å². The van der Waals surface area contributed by atoms with E-state index in [0.717, 1.165) is 24.2 Å². The van der Waals surface area contributed by atoms with E-state index in [-0.39, 0.29) is 12.3 Å². The molecule has 0 aliphatic heterocycles. The zero-order chi connectivity index (χ0) is 13.1. The molecular weight excluding hydrogens is 228 g/mol. The van der Waals surface area contributed by atoms with Crippen LogP contribution in [0.1, 0.15) is 30.9 Å². The van der Waals surface area contributed by atoms with E-state index < -0.39 is 5.97 Å². The highest BCUT2D eigenvalue weighted by atomic mass is 16.5. The number of benzene rings is 1. The van der Waals surface area contributed by atoms with Crippen molar-refractivity contribution >= 4 is 12.0 Å². The van der Waals surface area contributed by atoms with Crippen molar-refractivity contribution < 1.29 is 14.6 Å². The first-order valence-corrected chi connectivity index (χ1v) is 6.17. The van der Waals surface area contributed by atoms with E-state index in [0.29, 0.717) is 0 Å². The highest BCUT2D eigenvalue weighted by molar-refractivity contribution is 5.69. The zero-order valence-electron chi connectivity index (χ0n) is 10.8. The normalized spacial score (nSPS) is 18.6. The molecule has 0 heterocycles. The number of fused-ring (bicyclic) bond motifs is 1. The third-order valence-electron chi connectivity index (χ3n) is 3.56. The summed E-state index contributed by atoms with van der Waals surface area (Å²) in [7, 11) is 1.66. The average molecular weight is 246 g/mol. The predicted molar refractivity (Wildman–Crippen MR) is 70.7 cm³/mol. The number of hydrogen-bond donors (Lipinski definition) is 1. The molecule has 1 aliphatic rings. The van der Waals surface area contributed by atoms with Crippen LogP contribution in [0.3, 0.4) is 0 Å². The molecule has 0 aromatic heterocycles. The summed E-state index contributed by atoms with van der Waals surface area (Å²) in [6.07, 6.45) is 4.11. The molecule has 2 rings (SSSR count).